The lowest BCUT2D eigenvalue weighted by Crippen LogP contribution is -1.85. The van der Waals surface area contributed by atoms with Crippen molar-refractivity contribution in [2.75, 3.05) is 0 Å². The second-order valence-electron chi connectivity index (χ2n) is 2.12. The van der Waals surface area contributed by atoms with E-state index in [9.17, 15) is 0 Å². The van der Waals surface area contributed by atoms with Gasteiger partial charge in [-0.3, -0.25) is 0 Å². The van der Waals surface area contributed by atoms with Crippen molar-refractivity contribution in [3.05, 3.63) is 41.8 Å². The Bertz CT molecular complexity index is 183. The van der Waals surface area contributed by atoms with Crippen molar-refractivity contribution in [1.29, 1.82) is 0 Å². The van der Waals surface area contributed by atoms with Crippen LogP contribution in [0.15, 0.2) is 24.3 Å². The van der Waals surface area contributed by atoms with E-state index in [0.717, 1.165) is 0 Å². The van der Waals surface area contributed by atoms with Crippen molar-refractivity contribution in [1.82, 2.24) is 0 Å². The summed E-state index contributed by atoms with van der Waals surface area (Å²) in [5, 5.41) is 0. The lowest BCUT2D eigenvalue weighted by Gasteiger charge is -2.01. The van der Waals surface area contributed by atoms with Crippen LogP contribution in [-0.4, -0.2) is 0 Å². The van der Waals surface area contributed by atoms with Crippen LogP contribution in [0.1, 0.15) is 18.1 Å². The molecule has 0 aromatic heterocycles. The zero-order chi connectivity index (χ0) is 7.40. The summed E-state index contributed by atoms with van der Waals surface area (Å²) >= 11 is 5.69. The largest absolute Gasteiger partial charge is 0.122 e. The highest BCUT2D eigenvalue weighted by molar-refractivity contribution is 6.17. The van der Waals surface area contributed by atoms with Gasteiger partial charge in [0.25, 0.3) is 0 Å². The van der Waals surface area contributed by atoms with Gasteiger partial charge in [0.1, 0.15) is 0 Å². The Labute approximate surface area is 66.8 Å². The van der Waals surface area contributed by atoms with E-state index in [1.54, 1.807) is 0 Å². The molecule has 10 heavy (non-hydrogen) atoms. The van der Waals surface area contributed by atoms with E-state index in [0.29, 0.717) is 5.88 Å². The summed E-state index contributed by atoms with van der Waals surface area (Å²) in [5.41, 5.74) is 2.43. The number of halogens is 1. The molecule has 0 amide bonds. The van der Waals surface area contributed by atoms with Crippen LogP contribution in [0.3, 0.4) is 0 Å². The maximum absolute atomic E-state index is 5.69. The highest BCUT2D eigenvalue weighted by Gasteiger charge is 1.95. The second kappa shape index (κ2) is 3.62. The molecule has 0 bridgehead atoms. The molecule has 0 unspecified atom stereocenters. The van der Waals surface area contributed by atoms with E-state index in [1.807, 2.05) is 25.1 Å². The summed E-state index contributed by atoms with van der Waals surface area (Å²) in [6.45, 7) is 2.02. The van der Waals surface area contributed by atoms with Crippen LogP contribution < -0.4 is 0 Å². The van der Waals surface area contributed by atoms with Crippen LogP contribution in [0.25, 0.3) is 0 Å². The molecule has 0 fully saturated rings. The third kappa shape index (κ3) is 1.51. The summed E-state index contributed by atoms with van der Waals surface area (Å²) in [7, 11) is 0. The minimum atomic E-state index is 0.598. The van der Waals surface area contributed by atoms with Gasteiger partial charge in [-0.15, -0.1) is 11.6 Å². The first kappa shape index (κ1) is 7.62. The first-order valence-corrected chi connectivity index (χ1v) is 3.85. The third-order valence-corrected chi connectivity index (χ3v) is 1.80. The smallest absolute Gasteiger partial charge is 0.0476 e. The Morgan fingerprint density at radius 3 is 2.60 bits per heavy atom. The highest BCUT2D eigenvalue weighted by Crippen LogP contribution is 2.12. The van der Waals surface area contributed by atoms with Crippen molar-refractivity contribution in [3.8, 4) is 0 Å². The normalized spacial score (nSPS) is 9.80. The molecule has 0 saturated carbocycles. The van der Waals surface area contributed by atoms with Crippen LogP contribution in [0.2, 0.25) is 0 Å². The molecule has 0 aliphatic carbocycles. The number of rotatable bonds is 2. The lowest BCUT2D eigenvalue weighted by molar-refractivity contribution is 1.29. The molecule has 1 aromatic carbocycles. The van der Waals surface area contributed by atoms with E-state index in [1.165, 1.54) is 11.1 Å². The minimum Gasteiger partial charge on any atom is -0.122 e. The van der Waals surface area contributed by atoms with Gasteiger partial charge in [0.2, 0.25) is 0 Å². The van der Waals surface area contributed by atoms with Gasteiger partial charge in [0.05, 0.1) is 0 Å². The maximum atomic E-state index is 5.69. The molecule has 1 radical (unpaired) electrons. The van der Waals surface area contributed by atoms with E-state index in [4.69, 9.17) is 11.6 Å². The van der Waals surface area contributed by atoms with Crippen LogP contribution in [0, 0.1) is 6.42 Å². The zero-order valence-electron chi connectivity index (χ0n) is 5.97. The molecule has 0 nitrogen and oxygen atoms in total. The van der Waals surface area contributed by atoms with Crippen LogP contribution in [-0.2, 0) is 5.88 Å². The van der Waals surface area contributed by atoms with Gasteiger partial charge in [-0.05, 0) is 17.5 Å². The van der Waals surface area contributed by atoms with Crippen molar-refractivity contribution in [2.24, 2.45) is 0 Å². The fraction of sp³-hybridized carbons (Fsp3) is 0.222. The molecule has 0 aliphatic heterocycles. The topological polar surface area (TPSA) is 0 Å². The monoisotopic (exact) mass is 153 g/mol. The van der Waals surface area contributed by atoms with Crippen molar-refractivity contribution >= 4 is 11.6 Å². The molecular formula is C9H10Cl. The van der Waals surface area contributed by atoms with Crippen LogP contribution in [0.4, 0.5) is 0 Å². The summed E-state index contributed by atoms with van der Waals surface area (Å²) in [6.07, 6.45) is 2.07. The third-order valence-electron chi connectivity index (χ3n) is 1.51. The van der Waals surface area contributed by atoms with Crippen LogP contribution in [0.5, 0.6) is 0 Å². The van der Waals surface area contributed by atoms with E-state index in [2.05, 4.69) is 12.5 Å². The molecule has 0 spiro atoms. The number of benzene rings is 1. The van der Waals surface area contributed by atoms with Crippen molar-refractivity contribution in [2.45, 2.75) is 12.8 Å². The molecular weight excluding hydrogens is 144 g/mol. The maximum Gasteiger partial charge on any atom is 0.0476 e. The highest BCUT2D eigenvalue weighted by atomic mass is 35.5. The SMILES string of the molecule is C[CH]c1ccccc1CCl. The second-order valence-corrected chi connectivity index (χ2v) is 2.39. The molecule has 0 saturated heterocycles. The van der Waals surface area contributed by atoms with Crippen molar-refractivity contribution in [3.63, 3.8) is 0 Å². The fourth-order valence-electron chi connectivity index (χ4n) is 0.938. The Kier molecular flexibility index (Phi) is 2.76. The Hall–Kier alpha value is -0.490. The average molecular weight is 154 g/mol. The first-order valence-electron chi connectivity index (χ1n) is 3.31. The molecule has 0 aliphatic rings. The van der Waals surface area contributed by atoms with Gasteiger partial charge in [-0.2, -0.15) is 0 Å². The summed E-state index contributed by atoms with van der Waals surface area (Å²) in [6, 6.07) is 8.14. The predicted octanol–water partition coefficient (Wildman–Crippen LogP) is 3.00. The number of hydrogen-bond donors (Lipinski definition) is 0. The average Bonchev–Trinajstić information content (AvgIpc) is 2.04. The van der Waals surface area contributed by atoms with Gasteiger partial charge in [-0.1, -0.05) is 31.2 Å². The molecule has 1 rings (SSSR count). The van der Waals surface area contributed by atoms with Gasteiger partial charge >= 0.3 is 0 Å². The Morgan fingerprint density at radius 1 is 1.40 bits per heavy atom. The Balaban J connectivity index is 2.96. The van der Waals surface area contributed by atoms with Gasteiger partial charge in [-0.25, -0.2) is 0 Å². The Morgan fingerprint density at radius 2 is 2.10 bits per heavy atom. The lowest BCUT2D eigenvalue weighted by atomic mass is 10.1. The standard InChI is InChI=1S/C9H10Cl/c1-2-8-5-3-4-6-9(8)7-10/h2-6H,7H2,1H3. The fourth-order valence-corrected chi connectivity index (χ4v) is 1.18. The quantitative estimate of drug-likeness (QED) is 0.573. The summed E-state index contributed by atoms with van der Waals surface area (Å²) < 4.78 is 0. The van der Waals surface area contributed by atoms with E-state index in [-0.39, 0.29) is 0 Å². The molecule has 0 atom stereocenters. The van der Waals surface area contributed by atoms with Gasteiger partial charge < -0.3 is 0 Å². The summed E-state index contributed by atoms with van der Waals surface area (Å²) in [5.74, 6) is 0.598. The minimum absolute atomic E-state index is 0.598. The predicted molar refractivity (Wildman–Crippen MR) is 45.1 cm³/mol. The van der Waals surface area contributed by atoms with Crippen molar-refractivity contribution < 1.29 is 0 Å². The van der Waals surface area contributed by atoms with Gasteiger partial charge in [0.15, 0.2) is 0 Å². The summed E-state index contributed by atoms with van der Waals surface area (Å²) in [4.78, 5) is 0. The van der Waals surface area contributed by atoms with E-state index >= 15 is 0 Å². The molecule has 0 N–H and O–H groups in total. The zero-order valence-corrected chi connectivity index (χ0v) is 6.73. The van der Waals surface area contributed by atoms with Crippen LogP contribution >= 0.6 is 11.6 Å². The number of hydrogen-bond acceptors (Lipinski definition) is 0. The molecule has 53 valence electrons. The molecule has 1 heteroatoms. The first-order chi connectivity index (χ1) is 4.88. The number of alkyl halides is 1. The molecule has 1 aromatic rings. The molecule has 0 heterocycles. The van der Waals surface area contributed by atoms with Gasteiger partial charge in [0, 0.05) is 5.88 Å². The van der Waals surface area contributed by atoms with E-state index < -0.39 is 0 Å².